The third kappa shape index (κ3) is 4.00. The summed E-state index contributed by atoms with van der Waals surface area (Å²) in [6.07, 6.45) is 4.03. The Morgan fingerprint density at radius 2 is 2.31 bits per heavy atom. The molecule has 1 atom stereocenters. The van der Waals surface area contributed by atoms with E-state index in [0.717, 1.165) is 32.2 Å². The summed E-state index contributed by atoms with van der Waals surface area (Å²) < 4.78 is 5.25. The van der Waals surface area contributed by atoms with Gasteiger partial charge in [0, 0.05) is 12.6 Å². The van der Waals surface area contributed by atoms with Gasteiger partial charge in [0.2, 0.25) is 0 Å². The lowest BCUT2D eigenvalue weighted by Crippen LogP contribution is -2.36. The monoisotopic (exact) mass is 228 g/mol. The topological polar surface area (TPSA) is 55.6 Å². The molecular formula is C12H24N2O2. The first-order valence-corrected chi connectivity index (χ1v) is 6.28. The second kappa shape index (κ2) is 6.74. The number of carbonyl (C=O) groups is 1. The molecule has 1 fully saturated rings. The summed E-state index contributed by atoms with van der Waals surface area (Å²) in [7, 11) is 0. The summed E-state index contributed by atoms with van der Waals surface area (Å²) in [5.41, 5.74) is 5.49. The average molecular weight is 228 g/mol. The lowest BCUT2D eigenvalue weighted by atomic mass is 10.1. The zero-order chi connectivity index (χ0) is 12.0. The number of carbonyl (C=O) groups excluding carboxylic acids is 1. The Hall–Kier alpha value is -0.770. The molecule has 1 heterocycles. The lowest BCUT2D eigenvalue weighted by Gasteiger charge is -2.24. The van der Waals surface area contributed by atoms with Crippen LogP contribution in [0.15, 0.2) is 0 Å². The first-order chi connectivity index (χ1) is 7.65. The van der Waals surface area contributed by atoms with E-state index in [9.17, 15) is 4.79 Å². The minimum Gasteiger partial charge on any atom is -0.449 e. The number of nitrogens with two attached hydrogens (primary N) is 1. The maximum atomic E-state index is 11.8. The summed E-state index contributed by atoms with van der Waals surface area (Å²) in [5, 5.41) is 0. The Balaban J connectivity index is 2.35. The van der Waals surface area contributed by atoms with Crippen LogP contribution in [0.1, 0.15) is 39.5 Å². The highest BCUT2D eigenvalue weighted by Crippen LogP contribution is 2.22. The molecular weight excluding hydrogens is 204 g/mol. The van der Waals surface area contributed by atoms with Gasteiger partial charge in [0.1, 0.15) is 0 Å². The van der Waals surface area contributed by atoms with E-state index in [1.165, 1.54) is 0 Å². The van der Waals surface area contributed by atoms with Crippen LogP contribution in [0.2, 0.25) is 0 Å². The van der Waals surface area contributed by atoms with Gasteiger partial charge in [0.05, 0.1) is 6.61 Å². The van der Waals surface area contributed by atoms with E-state index in [1.807, 2.05) is 18.7 Å². The highest BCUT2D eigenvalue weighted by atomic mass is 16.6. The molecule has 1 aliphatic rings. The van der Waals surface area contributed by atoms with Crippen LogP contribution in [-0.2, 0) is 4.74 Å². The maximum absolute atomic E-state index is 11.8. The quantitative estimate of drug-likeness (QED) is 0.783. The zero-order valence-corrected chi connectivity index (χ0v) is 10.4. The van der Waals surface area contributed by atoms with Crippen LogP contribution in [0.5, 0.6) is 0 Å². The Morgan fingerprint density at radius 3 is 2.94 bits per heavy atom. The van der Waals surface area contributed by atoms with Gasteiger partial charge in [0.15, 0.2) is 0 Å². The molecule has 0 aromatic carbocycles. The Labute approximate surface area is 98.1 Å². The molecule has 1 rings (SSSR count). The highest BCUT2D eigenvalue weighted by Gasteiger charge is 2.29. The van der Waals surface area contributed by atoms with Crippen molar-refractivity contribution in [3.63, 3.8) is 0 Å². The molecule has 94 valence electrons. The second-order valence-electron chi connectivity index (χ2n) is 4.89. The fourth-order valence-electron chi connectivity index (χ4n) is 2.05. The van der Waals surface area contributed by atoms with Gasteiger partial charge in [0.25, 0.3) is 0 Å². The van der Waals surface area contributed by atoms with Gasteiger partial charge >= 0.3 is 6.09 Å². The van der Waals surface area contributed by atoms with Crippen molar-refractivity contribution in [2.75, 3.05) is 19.7 Å². The van der Waals surface area contributed by atoms with Crippen molar-refractivity contribution in [1.82, 2.24) is 4.90 Å². The predicted octanol–water partition coefficient (Wildman–Crippen LogP) is 1.98. The van der Waals surface area contributed by atoms with Gasteiger partial charge in [-0.25, -0.2) is 4.79 Å². The second-order valence-corrected chi connectivity index (χ2v) is 4.89. The molecule has 0 saturated carbocycles. The molecule has 0 bridgehead atoms. The van der Waals surface area contributed by atoms with E-state index in [0.29, 0.717) is 25.1 Å². The number of ether oxygens (including phenoxy) is 1. The summed E-state index contributed by atoms with van der Waals surface area (Å²) in [6, 6.07) is 0.350. The van der Waals surface area contributed by atoms with E-state index in [4.69, 9.17) is 10.5 Å². The number of nitrogens with zero attached hydrogens (tertiary/aromatic N) is 1. The fraction of sp³-hybridized carbons (Fsp3) is 0.917. The van der Waals surface area contributed by atoms with E-state index < -0.39 is 0 Å². The lowest BCUT2D eigenvalue weighted by molar-refractivity contribution is 0.0868. The van der Waals surface area contributed by atoms with Crippen LogP contribution in [0.4, 0.5) is 4.79 Å². The summed E-state index contributed by atoms with van der Waals surface area (Å²) in [5.74, 6) is 0.397. The van der Waals surface area contributed by atoms with Gasteiger partial charge in [-0.15, -0.1) is 0 Å². The van der Waals surface area contributed by atoms with Crippen LogP contribution in [-0.4, -0.2) is 36.7 Å². The summed E-state index contributed by atoms with van der Waals surface area (Å²) in [4.78, 5) is 13.7. The first-order valence-electron chi connectivity index (χ1n) is 6.28. The van der Waals surface area contributed by atoms with Gasteiger partial charge in [-0.2, -0.15) is 0 Å². The van der Waals surface area contributed by atoms with Crippen LogP contribution in [0.25, 0.3) is 0 Å². The number of rotatable bonds is 5. The van der Waals surface area contributed by atoms with Crippen molar-refractivity contribution in [2.45, 2.75) is 45.6 Å². The average Bonchev–Trinajstić information content (AvgIpc) is 2.71. The number of amides is 1. The molecule has 4 nitrogen and oxygen atoms in total. The van der Waals surface area contributed by atoms with Crippen molar-refractivity contribution < 1.29 is 9.53 Å². The first kappa shape index (κ1) is 13.3. The number of hydrogen-bond acceptors (Lipinski definition) is 3. The van der Waals surface area contributed by atoms with Crippen LogP contribution < -0.4 is 5.73 Å². The predicted molar refractivity (Wildman–Crippen MR) is 64.2 cm³/mol. The highest BCUT2D eigenvalue weighted by molar-refractivity contribution is 5.68. The Kier molecular flexibility index (Phi) is 5.60. The molecule has 0 radical (unpaired) electrons. The molecule has 1 saturated heterocycles. The van der Waals surface area contributed by atoms with E-state index >= 15 is 0 Å². The minimum atomic E-state index is -0.145. The van der Waals surface area contributed by atoms with Crippen molar-refractivity contribution >= 4 is 6.09 Å². The molecule has 1 aliphatic heterocycles. The van der Waals surface area contributed by atoms with Crippen molar-refractivity contribution in [2.24, 2.45) is 11.7 Å². The van der Waals surface area contributed by atoms with Crippen LogP contribution in [0, 0.1) is 5.92 Å². The largest absolute Gasteiger partial charge is 0.449 e. The molecule has 16 heavy (non-hydrogen) atoms. The standard InChI is InChI=1S/C12H24N2O2/c1-10(2)9-16-12(15)14-8-4-6-11(14)5-3-7-13/h10-11H,3-9,13H2,1-2H3. The van der Waals surface area contributed by atoms with Crippen molar-refractivity contribution in [1.29, 1.82) is 0 Å². The van der Waals surface area contributed by atoms with E-state index in [1.54, 1.807) is 0 Å². The maximum Gasteiger partial charge on any atom is 0.410 e. The zero-order valence-electron chi connectivity index (χ0n) is 10.4. The SMILES string of the molecule is CC(C)COC(=O)N1CCCC1CCCN. The number of hydrogen-bond donors (Lipinski definition) is 1. The van der Waals surface area contributed by atoms with E-state index in [-0.39, 0.29) is 6.09 Å². The summed E-state index contributed by atoms with van der Waals surface area (Å²) in [6.45, 7) is 6.14. The third-order valence-electron chi connectivity index (χ3n) is 2.89. The molecule has 0 spiro atoms. The van der Waals surface area contributed by atoms with Gasteiger partial charge in [-0.1, -0.05) is 13.8 Å². The van der Waals surface area contributed by atoms with Crippen LogP contribution in [0.3, 0.4) is 0 Å². The van der Waals surface area contributed by atoms with Crippen LogP contribution >= 0.6 is 0 Å². The third-order valence-corrected chi connectivity index (χ3v) is 2.89. The minimum absolute atomic E-state index is 0.145. The van der Waals surface area contributed by atoms with E-state index in [2.05, 4.69) is 0 Å². The molecule has 0 aromatic rings. The molecule has 4 heteroatoms. The molecule has 0 aromatic heterocycles. The normalized spacial score (nSPS) is 20.5. The van der Waals surface area contributed by atoms with Gasteiger partial charge in [-0.05, 0) is 38.1 Å². The van der Waals surface area contributed by atoms with Gasteiger partial charge in [-0.3, -0.25) is 0 Å². The number of likely N-dealkylation sites (tertiary alicyclic amines) is 1. The van der Waals surface area contributed by atoms with Crippen molar-refractivity contribution in [3.8, 4) is 0 Å². The Morgan fingerprint density at radius 1 is 1.56 bits per heavy atom. The van der Waals surface area contributed by atoms with Gasteiger partial charge < -0.3 is 15.4 Å². The fourth-order valence-corrected chi connectivity index (χ4v) is 2.05. The molecule has 0 aliphatic carbocycles. The molecule has 1 unspecified atom stereocenters. The molecule has 1 amide bonds. The Bertz CT molecular complexity index is 219. The smallest absolute Gasteiger partial charge is 0.410 e. The summed E-state index contributed by atoms with van der Waals surface area (Å²) >= 11 is 0. The van der Waals surface area contributed by atoms with Crippen molar-refractivity contribution in [3.05, 3.63) is 0 Å². The molecule has 2 N–H and O–H groups in total.